The maximum absolute atomic E-state index is 12.4. The van der Waals surface area contributed by atoms with Crippen molar-refractivity contribution in [2.24, 2.45) is 0 Å². The Morgan fingerprint density at radius 1 is 1.00 bits per heavy atom. The fourth-order valence-electron chi connectivity index (χ4n) is 2.00. The first-order chi connectivity index (χ1) is 9.27. The number of carbonyl (C=O) groups excluding carboxylic acids is 1. The van der Waals surface area contributed by atoms with Gasteiger partial charge in [0.2, 0.25) is 0 Å². The van der Waals surface area contributed by atoms with Crippen molar-refractivity contribution in [2.75, 3.05) is 13.2 Å². The van der Waals surface area contributed by atoms with E-state index in [0.29, 0.717) is 40.9 Å². The lowest BCUT2D eigenvalue weighted by Gasteiger charge is -2.20. The molecule has 0 N–H and O–H groups in total. The Labute approximate surface area is 115 Å². The molecule has 0 atom stereocenters. The van der Waals surface area contributed by atoms with E-state index in [0.717, 1.165) is 0 Å². The predicted molar refractivity (Wildman–Crippen MR) is 72.3 cm³/mol. The molecule has 19 heavy (non-hydrogen) atoms. The average Bonchev–Trinajstić information content (AvgIpc) is 2.48. The molecule has 4 heteroatoms. The van der Waals surface area contributed by atoms with Gasteiger partial charge in [-0.05, 0) is 12.1 Å². The molecule has 1 heterocycles. The van der Waals surface area contributed by atoms with Gasteiger partial charge in [-0.15, -0.1) is 0 Å². The third-order valence-corrected chi connectivity index (χ3v) is 3.30. The van der Waals surface area contributed by atoms with Gasteiger partial charge in [0, 0.05) is 11.1 Å². The molecule has 96 valence electrons. The molecular weight excluding hydrogens is 264 g/mol. The van der Waals surface area contributed by atoms with Crippen LogP contribution in [0.2, 0.25) is 5.02 Å². The van der Waals surface area contributed by atoms with Crippen molar-refractivity contribution >= 4 is 17.4 Å². The number of fused-ring (bicyclic) bond motifs is 1. The van der Waals surface area contributed by atoms with Crippen LogP contribution in [-0.4, -0.2) is 19.0 Å². The van der Waals surface area contributed by atoms with Gasteiger partial charge >= 0.3 is 0 Å². The molecule has 3 nitrogen and oxygen atoms in total. The first-order valence-electron chi connectivity index (χ1n) is 5.95. The molecule has 0 fully saturated rings. The van der Waals surface area contributed by atoms with E-state index in [1.165, 1.54) is 0 Å². The fourth-order valence-corrected chi connectivity index (χ4v) is 2.30. The second kappa shape index (κ2) is 4.94. The van der Waals surface area contributed by atoms with E-state index in [1.54, 1.807) is 24.3 Å². The third-order valence-electron chi connectivity index (χ3n) is 2.93. The Kier molecular flexibility index (Phi) is 3.13. The monoisotopic (exact) mass is 274 g/mol. The molecule has 0 aliphatic carbocycles. The third kappa shape index (κ3) is 2.17. The zero-order chi connectivity index (χ0) is 13.2. The van der Waals surface area contributed by atoms with Crippen molar-refractivity contribution in [3.63, 3.8) is 0 Å². The second-order valence-electron chi connectivity index (χ2n) is 4.15. The predicted octanol–water partition coefficient (Wildman–Crippen LogP) is 3.34. The zero-order valence-corrected chi connectivity index (χ0v) is 10.8. The topological polar surface area (TPSA) is 35.5 Å². The van der Waals surface area contributed by atoms with Crippen molar-refractivity contribution in [1.82, 2.24) is 0 Å². The van der Waals surface area contributed by atoms with Crippen LogP contribution in [0, 0.1) is 0 Å². The highest BCUT2D eigenvalue weighted by atomic mass is 35.5. The number of hydrogen-bond acceptors (Lipinski definition) is 3. The van der Waals surface area contributed by atoms with Crippen molar-refractivity contribution < 1.29 is 14.3 Å². The van der Waals surface area contributed by atoms with Crippen LogP contribution in [0.3, 0.4) is 0 Å². The van der Waals surface area contributed by atoms with Gasteiger partial charge in [0.25, 0.3) is 0 Å². The smallest absolute Gasteiger partial charge is 0.194 e. The lowest BCUT2D eigenvalue weighted by molar-refractivity contribution is 0.103. The minimum absolute atomic E-state index is 0.123. The molecule has 0 saturated heterocycles. The molecule has 0 unspecified atom stereocenters. The summed E-state index contributed by atoms with van der Waals surface area (Å²) in [6.45, 7) is 0.936. The maximum Gasteiger partial charge on any atom is 0.194 e. The van der Waals surface area contributed by atoms with Crippen LogP contribution >= 0.6 is 11.6 Å². The van der Waals surface area contributed by atoms with E-state index in [-0.39, 0.29) is 5.78 Å². The maximum atomic E-state index is 12.4. The number of ether oxygens (including phenoxy) is 2. The Morgan fingerprint density at radius 2 is 1.74 bits per heavy atom. The van der Waals surface area contributed by atoms with Gasteiger partial charge in [0.15, 0.2) is 17.3 Å². The molecule has 1 aliphatic rings. The van der Waals surface area contributed by atoms with Crippen LogP contribution in [0.15, 0.2) is 42.5 Å². The Bertz CT molecular complexity index is 623. The van der Waals surface area contributed by atoms with Crippen LogP contribution in [0.5, 0.6) is 11.5 Å². The van der Waals surface area contributed by atoms with Crippen molar-refractivity contribution in [3.8, 4) is 11.5 Å². The van der Waals surface area contributed by atoms with Gasteiger partial charge in [0.1, 0.15) is 13.2 Å². The van der Waals surface area contributed by atoms with Gasteiger partial charge in [-0.2, -0.15) is 0 Å². The summed E-state index contributed by atoms with van der Waals surface area (Å²) in [6.07, 6.45) is 0. The number of ketones is 1. The SMILES string of the molecule is O=C(c1ccccc1)c1ccc2c(c1Cl)OCCO2. The lowest BCUT2D eigenvalue weighted by atomic mass is 10.0. The van der Waals surface area contributed by atoms with E-state index < -0.39 is 0 Å². The highest BCUT2D eigenvalue weighted by Crippen LogP contribution is 2.39. The number of halogens is 1. The Balaban J connectivity index is 2.04. The Hall–Kier alpha value is -2.00. The summed E-state index contributed by atoms with van der Waals surface area (Å²) >= 11 is 6.25. The van der Waals surface area contributed by atoms with E-state index in [1.807, 2.05) is 18.2 Å². The van der Waals surface area contributed by atoms with Crippen molar-refractivity contribution in [3.05, 3.63) is 58.6 Å². The number of benzene rings is 2. The molecule has 0 amide bonds. The van der Waals surface area contributed by atoms with Gasteiger partial charge in [0.05, 0.1) is 5.02 Å². The first kappa shape index (κ1) is 12.1. The molecular formula is C15H11ClO3. The summed E-state index contributed by atoms with van der Waals surface area (Å²) in [5, 5.41) is 0.311. The average molecular weight is 275 g/mol. The summed E-state index contributed by atoms with van der Waals surface area (Å²) in [5.41, 5.74) is 1.03. The van der Waals surface area contributed by atoms with Crippen LogP contribution in [0.1, 0.15) is 15.9 Å². The summed E-state index contributed by atoms with van der Waals surface area (Å²) in [7, 11) is 0. The van der Waals surface area contributed by atoms with Gasteiger partial charge in [-0.1, -0.05) is 41.9 Å². The van der Waals surface area contributed by atoms with E-state index in [4.69, 9.17) is 21.1 Å². The highest BCUT2D eigenvalue weighted by molar-refractivity contribution is 6.36. The first-order valence-corrected chi connectivity index (χ1v) is 6.33. The Morgan fingerprint density at radius 3 is 2.53 bits per heavy atom. The standard InChI is InChI=1S/C15H11ClO3/c16-13-11(14(17)10-4-2-1-3-5-10)6-7-12-15(13)19-9-8-18-12/h1-7H,8-9H2. The van der Waals surface area contributed by atoms with E-state index >= 15 is 0 Å². The minimum Gasteiger partial charge on any atom is -0.486 e. The van der Waals surface area contributed by atoms with Gasteiger partial charge < -0.3 is 9.47 Å². The van der Waals surface area contributed by atoms with Crippen LogP contribution in [0.25, 0.3) is 0 Å². The summed E-state index contributed by atoms with van der Waals surface area (Å²) in [5.74, 6) is 0.915. The zero-order valence-electron chi connectivity index (χ0n) is 10.1. The highest BCUT2D eigenvalue weighted by Gasteiger charge is 2.21. The molecule has 0 saturated carbocycles. The van der Waals surface area contributed by atoms with E-state index in [2.05, 4.69) is 0 Å². The van der Waals surface area contributed by atoms with Crippen molar-refractivity contribution in [2.45, 2.75) is 0 Å². The van der Waals surface area contributed by atoms with Gasteiger partial charge in [-0.25, -0.2) is 0 Å². The van der Waals surface area contributed by atoms with Gasteiger partial charge in [-0.3, -0.25) is 4.79 Å². The van der Waals surface area contributed by atoms with E-state index in [9.17, 15) is 4.79 Å². The molecule has 0 spiro atoms. The molecule has 3 rings (SSSR count). The van der Waals surface area contributed by atoms with Crippen LogP contribution in [0.4, 0.5) is 0 Å². The largest absolute Gasteiger partial charge is 0.486 e. The molecule has 0 aromatic heterocycles. The lowest BCUT2D eigenvalue weighted by Crippen LogP contribution is -2.16. The number of hydrogen-bond donors (Lipinski definition) is 0. The summed E-state index contributed by atoms with van der Waals surface area (Å²) < 4.78 is 10.9. The summed E-state index contributed by atoms with van der Waals surface area (Å²) in [4.78, 5) is 12.4. The fraction of sp³-hybridized carbons (Fsp3) is 0.133. The molecule has 1 aliphatic heterocycles. The van der Waals surface area contributed by atoms with Crippen LogP contribution in [-0.2, 0) is 0 Å². The normalized spacial score (nSPS) is 13.1. The second-order valence-corrected chi connectivity index (χ2v) is 4.52. The molecule has 0 bridgehead atoms. The molecule has 2 aromatic carbocycles. The molecule has 2 aromatic rings. The quantitative estimate of drug-likeness (QED) is 0.788. The van der Waals surface area contributed by atoms with Crippen LogP contribution < -0.4 is 9.47 Å². The molecule has 0 radical (unpaired) electrons. The summed E-state index contributed by atoms with van der Waals surface area (Å²) in [6, 6.07) is 12.4. The number of carbonyl (C=O) groups is 1. The van der Waals surface area contributed by atoms with Crippen molar-refractivity contribution in [1.29, 1.82) is 0 Å². The number of rotatable bonds is 2. The minimum atomic E-state index is -0.123.